The highest BCUT2D eigenvalue weighted by Crippen LogP contribution is 2.34. The Morgan fingerprint density at radius 2 is 2.25 bits per heavy atom. The maximum atomic E-state index is 12.2. The summed E-state index contributed by atoms with van der Waals surface area (Å²) in [7, 11) is 0. The molecule has 1 heterocycles. The number of phenols is 1. The monoisotopic (exact) mass is 340 g/mol. The van der Waals surface area contributed by atoms with Gasteiger partial charge in [0, 0.05) is 19.5 Å². The molecule has 1 aliphatic heterocycles. The van der Waals surface area contributed by atoms with E-state index in [0.717, 1.165) is 5.56 Å². The van der Waals surface area contributed by atoms with Gasteiger partial charge in [-0.3, -0.25) is 9.59 Å². The third kappa shape index (κ3) is 2.95. The van der Waals surface area contributed by atoms with Crippen molar-refractivity contribution in [3.05, 3.63) is 22.2 Å². The fourth-order valence-electron chi connectivity index (χ4n) is 2.32. The Balaban J connectivity index is 2.11. The molecule has 1 aromatic carbocycles. The molecular weight excluding hydrogens is 324 g/mol. The lowest BCUT2D eigenvalue weighted by Gasteiger charge is -2.14. The van der Waals surface area contributed by atoms with Crippen molar-refractivity contribution in [1.29, 1.82) is 0 Å². The van der Waals surface area contributed by atoms with Crippen LogP contribution in [0, 0.1) is 12.8 Å². The standard InChI is InChI=1S/C14H17BrN2O3/c1-3-17-7-9(6-12(17)18)14(20)16-11-5-8(2)4-10(15)13(11)19/h4-5,9,19H,3,6-7H2,1-2H3,(H,16,20)/t9-/m0/s1. The van der Waals surface area contributed by atoms with Crippen LogP contribution in [0.1, 0.15) is 18.9 Å². The van der Waals surface area contributed by atoms with Crippen molar-refractivity contribution in [3.63, 3.8) is 0 Å². The second kappa shape index (κ2) is 5.83. The van der Waals surface area contributed by atoms with Gasteiger partial charge >= 0.3 is 0 Å². The van der Waals surface area contributed by atoms with Crippen LogP contribution in [0.5, 0.6) is 5.75 Å². The smallest absolute Gasteiger partial charge is 0.229 e. The van der Waals surface area contributed by atoms with Crippen LogP contribution in [0.3, 0.4) is 0 Å². The van der Waals surface area contributed by atoms with Crippen molar-refractivity contribution in [2.24, 2.45) is 5.92 Å². The zero-order chi connectivity index (χ0) is 14.9. The molecule has 0 radical (unpaired) electrons. The van der Waals surface area contributed by atoms with Gasteiger partial charge in [0.2, 0.25) is 11.8 Å². The van der Waals surface area contributed by atoms with Crippen LogP contribution in [-0.2, 0) is 9.59 Å². The van der Waals surface area contributed by atoms with Crippen molar-refractivity contribution in [2.45, 2.75) is 20.3 Å². The number of nitrogens with zero attached hydrogens (tertiary/aromatic N) is 1. The summed E-state index contributed by atoms with van der Waals surface area (Å²) < 4.78 is 0.533. The van der Waals surface area contributed by atoms with Crippen LogP contribution in [0.2, 0.25) is 0 Å². The fraction of sp³-hybridized carbons (Fsp3) is 0.429. The SMILES string of the molecule is CCN1C[C@@H](C(=O)Nc2cc(C)cc(Br)c2O)CC1=O. The highest BCUT2D eigenvalue weighted by atomic mass is 79.9. The Hall–Kier alpha value is -1.56. The van der Waals surface area contributed by atoms with E-state index in [2.05, 4.69) is 21.2 Å². The number of hydrogen-bond acceptors (Lipinski definition) is 3. The normalized spacial score (nSPS) is 18.4. The molecule has 1 fully saturated rings. The molecule has 0 saturated carbocycles. The third-order valence-electron chi connectivity index (χ3n) is 3.43. The summed E-state index contributed by atoms with van der Waals surface area (Å²) in [6.45, 7) is 4.82. The first kappa shape index (κ1) is 14.8. The van der Waals surface area contributed by atoms with Crippen LogP contribution >= 0.6 is 15.9 Å². The predicted octanol–water partition coefficient (Wildman–Crippen LogP) is 2.27. The van der Waals surface area contributed by atoms with Crippen LogP contribution in [0.15, 0.2) is 16.6 Å². The number of halogens is 1. The van der Waals surface area contributed by atoms with Gasteiger partial charge in [-0.15, -0.1) is 0 Å². The molecule has 0 spiro atoms. The minimum atomic E-state index is -0.360. The molecular formula is C14H17BrN2O3. The minimum Gasteiger partial charge on any atom is -0.505 e. The molecule has 2 N–H and O–H groups in total. The first-order chi connectivity index (χ1) is 9.42. The number of carbonyl (C=O) groups excluding carboxylic acids is 2. The molecule has 2 rings (SSSR count). The number of carbonyl (C=O) groups is 2. The van der Waals surface area contributed by atoms with Crippen LogP contribution in [0.4, 0.5) is 5.69 Å². The van der Waals surface area contributed by atoms with E-state index in [4.69, 9.17) is 0 Å². The lowest BCUT2D eigenvalue weighted by atomic mass is 10.1. The van der Waals surface area contributed by atoms with E-state index in [1.165, 1.54) is 0 Å². The Bertz CT molecular complexity index is 560. The van der Waals surface area contributed by atoms with Crippen molar-refractivity contribution in [1.82, 2.24) is 4.90 Å². The van der Waals surface area contributed by atoms with E-state index in [1.54, 1.807) is 17.0 Å². The molecule has 20 heavy (non-hydrogen) atoms. The van der Waals surface area contributed by atoms with E-state index >= 15 is 0 Å². The average molecular weight is 341 g/mol. The predicted molar refractivity (Wildman–Crippen MR) is 79.5 cm³/mol. The van der Waals surface area contributed by atoms with Crippen molar-refractivity contribution >= 4 is 33.4 Å². The second-order valence-corrected chi connectivity index (χ2v) is 5.82. The largest absolute Gasteiger partial charge is 0.505 e. The number of hydrogen-bond donors (Lipinski definition) is 2. The first-order valence-corrected chi connectivity index (χ1v) is 7.29. The average Bonchev–Trinajstić information content (AvgIpc) is 2.76. The van der Waals surface area contributed by atoms with Gasteiger partial charge in [-0.2, -0.15) is 0 Å². The molecule has 0 bridgehead atoms. The lowest BCUT2D eigenvalue weighted by molar-refractivity contribution is -0.128. The second-order valence-electron chi connectivity index (χ2n) is 4.97. The van der Waals surface area contributed by atoms with E-state index in [1.807, 2.05) is 13.8 Å². The number of rotatable bonds is 3. The third-order valence-corrected chi connectivity index (χ3v) is 4.04. The van der Waals surface area contributed by atoms with Crippen molar-refractivity contribution in [2.75, 3.05) is 18.4 Å². The van der Waals surface area contributed by atoms with Gasteiger partial charge in [0.1, 0.15) is 0 Å². The summed E-state index contributed by atoms with van der Waals surface area (Å²) in [5.41, 5.74) is 1.28. The maximum Gasteiger partial charge on any atom is 0.229 e. The number of likely N-dealkylation sites (tertiary alicyclic amines) is 1. The first-order valence-electron chi connectivity index (χ1n) is 6.50. The van der Waals surface area contributed by atoms with Gasteiger partial charge in [-0.05, 0) is 47.5 Å². The number of amides is 2. The molecule has 2 amide bonds. The Kier molecular flexibility index (Phi) is 4.32. The van der Waals surface area contributed by atoms with Gasteiger partial charge in [0.05, 0.1) is 16.1 Å². The van der Waals surface area contributed by atoms with Crippen molar-refractivity contribution < 1.29 is 14.7 Å². The van der Waals surface area contributed by atoms with Gasteiger partial charge in [0.25, 0.3) is 0 Å². The highest BCUT2D eigenvalue weighted by Gasteiger charge is 2.33. The number of nitrogens with one attached hydrogen (secondary N) is 1. The van der Waals surface area contributed by atoms with E-state index in [9.17, 15) is 14.7 Å². The zero-order valence-corrected chi connectivity index (χ0v) is 13.0. The number of anilines is 1. The number of aryl methyl sites for hydroxylation is 1. The molecule has 6 heteroatoms. The van der Waals surface area contributed by atoms with E-state index in [0.29, 0.717) is 23.2 Å². The van der Waals surface area contributed by atoms with E-state index in [-0.39, 0.29) is 29.9 Å². The zero-order valence-electron chi connectivity index (χ0n) is 11.4. The molecule has 1 saturated heterocycles. The Morgan fingerprint density at radius 3 is 2.85 bits per heavy atom. The molecule has 1 aromatic rings. The quantitative estimate of drug-likeness (QED) is 0.829. The summed E-state index contributed by atoms with van der Waals surface area (Å²) in [5.74, 6) is -0.592. The van der Waals surface area contributed by atoms with Crippen molar-refractivity contribution in [3.8, 4) is 5.75 Å². The van der Waals surface area contributed by atoms with E-state index < -0.39 is 0 Å². The number of aromatic hydroxyl groups is 1. The summed E-state index contributed by atoms with van der Waals surface area (Å²) in [6.07, 6.45) is 0.230. The lowest BCUT2D eigenvalue weighted by Crippen LogP contribution is -2.28. The summed E-state index contributed by atoms with van der Waals surface area (Å²) in [6, 6.07) is 3.47. The van der Waals surface area contributed by atoms with Gasteiger partial charge in [-0.25, -0.2) is 0 Å². The molecule has 5 nitrogen and oxygen atoms in total. The molecule has 0 aromatic heterocycles. The maximum absolute atomic E-state index is 12.2. The fourth-order valence-corrected chi connectivity index (χ4v) is 2.89. The topological polar surface area (TPSA) is 69.6 Å². The summed E-state index contributed by atoms with van der Waals surface area (Å²) in [4.78, 5) is 25.5. The van der Waals surface area contributed by atoms with Gasteiger partial charge in [-0.1, -0.05) is 0 Å². The summed E-state index contributed by atoms with van der Waals surface area (Å²) in [5, 5.41) is 12.6. The number of benzene rings is 1. The molecule has 1 atom stereocenters. The Morgan fingerprint density at radius 1 is 1.55 bits per heavy atom. The Labute approximate surface area is 126 Å². The molecule has 0 aliphatic carbocycles. The van der Waals surface area contributed by atoms with Crippen LogP contribution in [-0.4, -0.2) is 34.9 Å². The van der Waals surface area contributed by atoms with Crippen LogP contribution in [0.25, 0.3) is 0 Å². The highest BCUT2D eigenvalue weighted by molar-refractivity contribution is 9.10. The molecule has 1 aliphatic rings. The van der Waals surface area contributed by atoms with Gasteiger partial charge in [0.15, 0.2) is 5.75 Å². The van der Waals surface area contributed by atoms with Gasteiger partial charge < -0.3 is 15.3 Å². The molecule has 0 unspecified atom stereocenters. The van der Waals surface area contributed by atoms with Crippen LogP contribution < -0.4 is 5.32 Å². The minimum absolute atomic E-state index is 0.000575. The summed E-state index contributed by atoms with van der Waals surface area (Å²) >= 11 is 3.24. The molecule has 108 valence electrons. The number of phenolic OH excluding ortho intramolecular Hbond substituents is 1.